The van der Waals surface area contributed by atoms with E-state index in [1.54, 1.807) is 0 Å². The molecule has 1 aromatic carbocycles. The van der Waals surface area contributed by atoms with Gasteiger partial charge in [-0.05, 0) is 18.2 Å². The van der Waals surface area contributed by atoms with Crippen molar-refractivity contribution in [3.63, 3.8) is 0 Å². The van der Waals surface area contributed by atoms with Crippen molar-refractivity contribution < 1.29 is 13.6 Å². The molecule has 0 atom stereocenters. The van der Waals surface area contributed by atoms with Gasteiger partial charge in [0.2, 0.25) is 5.91 Å². The van der Waals surface area contributed by atoms with E-state index in [4.69, 9.17) is 17.3 Å². The van der Waals surface area contributed by atoms with Crippen molar-refractivity contribution in [3.05, 3.63) is 40.4 Å². The molecule has 2 N–H and O–H groups in total. The summed E-state index contributed by atoms with van der Waals surface area (Å²) in [5.41, 5.74) is 4.60. The van der Waals surface area contributed by atoms with Crippen molar-refractivity contribution in [2.75, 3.05) is 0 Å². The Hall–Kier alpha value is -1.42. The second kappa shape index (κ2) is 4.19. The molecule has 0 unspecified atom stereocenters. The smallest absolute Gasteiger partial charge is 0.241 e. The fraction of sp³-hybridized carbons (Fsp3) is 0. The number of amides is 1. The van der Waals surface area contributed by atoms with Gasteiger partial charge < -0.3 is 5.73 Å². The number of primary amides is 1. The second-order valence-electron chi connectivity index (χ2n) is 2.49. The number of nitrogens with two attached hydrogens (primary N) is 1. The molecule has 0 heterocycles. The van der Waals surface area contributed by atoms with Crippen LogP contribution in [0.4, 0.5) is 8.78 Å². The van der Waals surface area contributed by atoms with Gasteiger partial charge in [-0.2, -0.15) is 0 Å². The molecule has 0 aromatic heterocycles. The van der Waals surface area contributed by atoms with Crippen LogP contribution in [-0.2, 0) is 4.79 Å². The zero-order valence-electron chi connectivity index (χ0n) is 6.93. The van der Waals surface area contributed by atoms with Crippen molar-refractivity contribution in [1.29, 1.82) is 0 Å². The third kappa shape index (κ3) is 2.29. The molecular weight excluding hydrogens is 212 g/mol. The molecule has 5 heteroatoms. The predicted octanol–water partition coefficient (Wildman–Crippen LogP) is 2.12. The third-order valence-electron chi connectivity index (χ3n) is 1.49. The normalized spacial score (nSPS) is 10.8. The Morgan fingerprint density at radius 2 is 1.93 bits per heavy atom. The zero-order valence-corrected chi connectivity index (χ0v) is 7.68. The summed E-state index contributed by atoms with van der Waals surface area (Å²) in [4.78, 5) is 10.4. The average molecular weight is 218 g/mol. The summed E-state index contributed by atoms with van der Waals surface area (Å²) in [7, 11) is 0. The first-order chi connectivity index (χ1) is 6.52. The van der Waals surface area contributed by atoms with E-state index < -0.39 is 17.5 Å². The largest absolute Gasteiger partial charge is 0.366 e. The molecule has 0 saturated heterocycles. The first-order valence-electron chi connectivity index (χ1n) is 3.63. The maximum Gasteiger partial charge on any atom is 0.241 e. The molecule has 0 radical (unpaired) electrons. The molecule has 1 amide bonds. The molecule has 1 aromatic rings. The molecule has 2 nitrogen and oxygen atoms in total. The van der Waals surface area contributed by atoms with Gasteiger partial charge in [-0.15, -0.1) is 0 Å². The molecule has 0 aliphatic heterocycles. The molecule has 0 aliphatic carbocycles. The summed E-state index contributed by atoms with van der Waals surface area (Å²) in [5, 5.41) is -0.373. The Labute approximate surface area is 84.0 Å². The molecule has 0 fully saturated rings. The summed E-state index contributed by atoms with van der Waals surface area (Å²) in [5.74, 6) is -2.23. The van der Waals surface area contributed by atoms with Crippen molar-refractivity contribution in [1.82, 2.24) is 0 Å². The van der Waals surface area contributed by atoms with Crippen LogP contribution in [0.3, 0.4) is 0 Å². The van der Waals surface area contributed by atoms with Gasteiger partial charge >= 0.3 is 0 Å². The second-order valence-corrected chi connectivity index (χ2v) is 2.87. The van der Waals surface area contributed by atoms with Crippen LogP contribution in [0, 0.1) is 11.6 Å². The first-order valence-corrected chi connectivity index (χ1v) is 4.01. The standard InChI is InChI=1S/C9H6ClF2NO/c10-9-5(1-4-8(13)14)6(11)2-3-7(9)12/h1-4H,(H2,13,14)/b4-1+. The van der Waals surface area contributed by atoms with Gasteiger partial charge in [0.15, 0.2) is 0 Å². The Bertz CT molecular complexity index is 404. The molecule has 74 valence electrons. The lowest BCUT2D eigenvalue weighted by atomic mass is 10.2. The minimum atomic E-state index is -0.760. The van der Waals surface area contributed by atoms with Gasteiger partial charge in [0.25, 0.3) is 0 Å². The number of halogens is 3. The van der Waals surface area contributed by atoms with Crippen LogP contribution < -0.4 is 5.73 Å². The van der Waals surface area contributed by atoms with Crippen LogP contribution in [0.25, 0.3) is 6.08 Å². The van der Waals surface area contributed by atoms with E-state index in [9.17, 15) is 13.6 Å². The van der Waals surface area contributed by atoms with E-state index in [0.29, 0.717) is 0 Å². The van der Waals surface area contributed by atoms with Crippen LogP contribution in [-0.4, -0.2) is 5.91 Å². The number of hydrogen-bond acceptors (Lipinski definition) is 1. The minimum Gasteiger partial charge on any atom is -0.366 e. The van der Waals surface area contributed by atoms with Crippen molar-refractivity contribution >= 4 is 23.6 Å². The van der Waals surface area contributed by atoms with E-state index in [-0.39, 0.29) is 10.6 Å². The maximum atomic E-state index is 13.0. The predicted molar refractivity (Wildman–Crippen MR) is 49.6 cm³/mol. The summed E-state index contributed by atoms with van der Waals surface area (Å²) < 4.78 is 25.9. The Balaban J connectivity index is 3.19. The van der Waals surface area contributed by atoms with Gasteiger partial charge in [-0.1, -0.05) is 11.6 Å². The molecular formula is C9H6ClF2NO. The van der Waals surface area contributed by atoms with Gasteiger partial charge in [-0.3, -0.25) is 4.79 Å². The van der Waals surface area contributed by atoms with Gasteiger partial charge in [0.1, 0.15) is 11.6 Å². The minimum absolute atomic E-state index is 0.189. The SMILES string of the molecule is NC(=O)/C=C/c1c(F)ccc(F)c1Cl. The summed E-state index contributed by atoms with van der Waals surface area (Å²) >= 11 is 5.46. The maximum absolute atomic E-state index is 13.0. The molecule has 14 heavy (non-hydrogen) atoms. The van der Waals surface area contributed by atoms with Crippen molar-refractivity contribution in [3.8, 4) is 0 Å². The number of carbonyl (C=O) groups is 1. The van der Waals surface area contributed by atoms with Crippen LogP contribution in [0.1, 0.15) is 5.56 Å². The number of rotatable bonds is 2. The fourth-order valence-electron chi connectivity index (χ4n) is 0.861. The van der Waals surface area contributed by atoms with Crippen molar-refractivity contribution in [2.24, 2.45) is 5.73 Å². The number of carbonyl (C=O) groups excluding carboxylic acids is 1. The fourth-order valence-corrected chi connectivity index (χ4v) is 1.08. The average Bonchev–Trinajstić information content (AvgIpc) is 2.11. The van der Waals surface area contributed by atoms with Crippen LogP contribution in [0.15, 0.2) is 18.2 Å². The first kappa shape index (κ1) is 10.7. The zero-order chi connectivity index (χ0) is 10.7. The Morgan fingerprint density at radius 1 is 1.36 bits per heavy atom. The van der Waals surface area contributed by atoms with E-state index >= 15 is 0 Å². The highest BCUT2D eigenvalue weighted by molar-refractivity contribution is 6.32. The van der Waals surface area contributed by atoms with Gasteiger partial charge in [0, 0.05) is 11.6 Å². The Morgan fingerprint density at radius 3 is 2.50 bits per heavy atom. The van der Waals surface area contributed by atoms with E-state index in [2.05, 4.69) is 0 Å². The van der Waals surface area contributed by atoms with Gasteiger partial charge in [0.05, 0.1) is 5.02 Å². The topological polar surface area (TPSA) is 43.1 Å². The van der Waals surface area contributed by atoms with Gasteiger partial charge in [-0.25, -0.2) is 8.78 Å². The molecule has 0 spiro atoms. The molecule has 0 saturated carbocycles. The summed E-state index contributed by atoms with van der Waals surface area (Å²) in [6.45, 7) is 0. The lowest BCUT2D eigenvalue weighted by Gasteiger charge is -2.00. The molecule has 1 rings (SSSR count). The lowest BCUT2D eigenvalue weighted by Crippen LogP contribution is -2.05. The van der Waals surface area contributed by atoms with E-state index in [1.807, 2.05) is 0 Å². The molecule has 0 bridgehead atoms. The quantitative estimate of drug-likeness (QED) is 0.599. The monoisotopic (exact) mass is 217 g/mol. The third-order valence-corrected chi connectivity index (χ3v) is 1.88. The van der Waals surface area contributed by atoms with Crippen molar-refractivity contribution in [2.45, 2.75) is 0 Å². The van der Waals surface area contributed by atoms with E-state index in [1.165, 1.54) is 0 Å². The van der Waals surface area contributed by atoms with E-state index in [0.717, 1.165) is 24.3 Å². The van der Waals surface area contributed by atoms with Crippen LogP contribution in [0.2, 0.25) is 5.02 Å². The lowest BCUT2D eigenvalue weighted by molar-refractivity contribution is -0.113. The number of benzene rings is 1. The summed E-state index contributed by atoms with van der Waals surface area (Å²) in [6.07, 6.45) is 1.94. The molecule has 0 aliphatic rings. The summed E-state index contributed by atoms with van der Waals surface area (Å²) in [6, 6.07) is 1.82. The highest BCUT2D eigenvalue weighted by Crippen LogP contribution is 2.23. The Kier molecular flexibility index (Phi) is 3.19. The highest BCUT2D eigenvalue weighted by Gasteiger charge is 2.08. The number of hydrogen-bond donors (Lipinski definition) is 1. The highest BCUT2D eigenvalue weighted by atomic mass is 35.5. The van der Waals surface area contributed by atoms with Crippen LogP contribution >= 0.6 is 11.6 Å². The van der Waals surface area contributed by atoms with Crippen LogP contribution in [0.5, 0.6) is 0 Å².